The van der Waals surface area contributed by atoms with Gasteiger partial charge in [-0.2, -0.15) is 0 Å². The van der Waals surface area contributed by atoms with Crippen LogP contribution in [-0.2, 0) is 9.59 Å². The van der Waals surface area contributed by atoms with Gasteiger partial charge in [0.15, 0.2) is 0 Å². The molecule has 2 N–H and O–H groups in total. The average Bonchev–Trinajstić information content (AvgIpc) is 2.42. The second-order valence-corrected chi connectivity index (χ2v) is 5.85. The molecule has 4 heteroatoms. The number of benzene rings is 1. The fourth-order valence-electron chi connectivity index (χ4n) is 2.31. The van der Waals surface area contributed by atoms with Crippen molar-refractivity contribution in [2.75, 3.05) is 0 Å². The van der Waals surface area contributed by atoms with Gasteiger partial charge >= 0.3 is 5.97 Å². The number of carboxylic acid groups (broad SMARTS) is 1. The molecule has 4 nitrogen and oxygen atoms in total. The highest BCUT2D eigenvalue weighted by Gasteiger charge is 2.24. The number of hydrogen-bond donors (Lipinski definition) is 2. The van der Waals surface area contributed by atoms with Gasteiger partial charge in [-0.05, 0) is 30.7 Å². The van der Waals surface area contributed by atoms with E-state index < -0.39 is 12.0 Å². The molecule has 2 atom stereocenters. The Bertz CT molecular complexity index is 479. The molecule has 1 rings (SSSR count). The first-order valence-electron chi connectivity index (χ1n) is 7.43. The maximum Gasteiger partial charge on any atom is 0.326 e. The third-order valence-electron chi connectivity index (χ3n) is 3.72. The van der Waals surface area contributed by atoms with Gasteiger partial charge in [0.2, 0.25) is 5.91 Å². The molecule has 21 heavy (non-hydrogen) atoms. The van der Waals surface area contributed by atoms with E-state index in [1.54, 1.807) is 13.8 Å². The molecule has 0 radical (unpaired) electrons. The molecule has 0 aliphatic carbocycles. The fourth-order valence-corrected chi connectivity index (χ4v) is 2.31. The molecule has 0 bridgehead atoms. The predicted octanol–water partition coefficient (Wildman–Crippen LogP) is 3.10. The van der Waals surface area contributed by atoms with Crippen molar-refractivity contribution in [2.45, 2.75) is 52.5 Å². The molecule has 0 saturated heterocycles. The van der Waals surface area contributed by atoms with Crippen molar-refractivity contribution in [2.24, 2.45) is 5.92 Å². The molecule has 0 fully saturated rings. The Morgan fingerprint density at radius 3 is 2.19 bits per heavy atom. The van der Waals surface area contributed by atoms with Crippen molar-refractivity contribution in [3.63, 3.8) is 0 Å². The second-order valence-electron chi connectivity index (χ2n) is 5.85. The number of hydrogen-bond acceptors (Lipinski definition) is 2. The van der Waals surface area contributed by atoms with E-state index >= 15 is 0 Å². The number of carbonyl (C=O) groups is 2. The molecule has 1 unspecified atom stereocenters. The van der Waals surface area contributed by atoms with E-state index in [2.05, 4.69) is 5.32 Å². The predicted molar refractivity (Wildman–Crippen MR) is 83.2 cm³/mol. The zero-order valence-corrected chi connectivity index (χ0v) is 13.2. The molecule has 0 spiro atoms. The van der Waals surface area contributed by atoms with Crippen LogP contribution in [0.15, 0.2) is 24.3 Å². The van der Waals surface area contributed by atoms with Crippen LogP contribution < -0.4 is 5.32 Å². The van der Waals surface area contributed by atoms with Gasteiger partial charge < -0.3 is 10.4 Å². The van der Waals surface area contributed by atoms with Crippen molar-refractivity contribution in [1.82, 2.24) is 5.32 Å². The Labute approximate surface area is 126 Å². The first-order chi connectivity index (χ1) is 9.85. The molecule has 1 aromatic rings. The van der Waals surface area contributed by atoms with E-state index in [0.717, 1.165) is 12.0 Å². The summed E-state index contributed by atoms with van der Waals surface area (Å²) in [5, 5.41) is 11.7. The van der Waals surface area contributed by atoms with Crippen molar-refractivity contribution in [1.29, 1.82) is 0 Å². The average molecular weight is 291 g/mol. The van der Waals surface area contributed by atoms with Crippen molar-refractivity contribution < 1.29 is 14.7 Å². The SMILES string of the molecule is CCC(CC(=O)N[C@H](C(=O)O)C(C)C)c1ccc(C)cc1. The Kier molecular flexibility index (Phi) is 6.40. The van der Waals surface area contributed by atoms with Gasteiger partial charge in [0.05, 0.1) is 0 Å². The van der Waals surface area contributed by atoms with Gasteiger partial charge in [0.25, 0.3) is 0 Å². The van der Waals surface area contributed by atoms with Crippen LogP contribution in [0.1, 0.15) is 50.7 Å². The molecular weight excluding hydrogens is 266 g/mol. The zero-order valence-electron chi connectivity index (χ0n) is 13.2. The van der Waals surface area contributed by atoms with Crippen LogP contribution in [0.5, 0.6) is 0 Å². The third kappa shape index (κ3) is 5.21. The van der Waals surface area contributed by atoms with E-state index in [-0.39, 0.29) is 17.7 Å². The molecule has 0 aliphatic heterocycles. The van der Waals surface area contributed by atoms with Crippen LogP contribution in [0.4, 0.5) is 0 Å². The van der Waals surface area contributed by atoms with Crippen molar-refractivity contribution in [3.8, 4) is 0 Å². The molecule has 1 amide bonds. The Balaban J connectivity index is 2.70. The molecule has 0 saturated carbocycles. The van der Waals surface area contributed by atoms with Crippen LogP contribution in [0, 0.1) is 12.8 Å². The summed E-state index contributed by atoms with van der Waals surface area (Å²) in [5.74, 6) is -1.21. The largest absolute Gasteiger partial charge is 0.480 e. The summed E-state index contributed by atoms with van der Waals surface area (Å²) in [7, 11) is 0. The molecule has 0 aromatic heterocycles. The molecule has 0 heterocycles. The summed E-state index contributed by atoms with van der Waals surface area (Å²) >= 11 is 0. The van der Waals surface area contributed by atoms with Gasteiger partial charge in [-0.15, -0.1) is 0 Å². The van der Waals surface area contributed by atoms with Crippen LogP contribution in [0.3, 0.4) is 0 Å². The highest BCUT2D eigenvalue weighted by Crippen LogP contribution is 2.23. The number of aryl methyl sites for hydroxylation is 1. The van der Waals surface area contributed by atoms with Crippen LogP contribution in [0.2, 0.25) is 0 Å². The van der Waals surface area contributed by atoms with E-state index in [9.17, 15) is 9.59 Å². The lowest BCUT2D eigenvalue weighted by molar-refractivity contribution is -0.143. The molecule has 116 valence electrons. The van der Waals surface area contributed by atoms with Gasteiger partial charge in [0, 0.05) is 6.42 Å². The number of amides is 1. The first kappa shape index (κ1) is 17.2. The summed E-state index contributed by atoms with van der Waals surface area (Å²) in [6.07, 6.45) is 1.16. The monoisotopic (exact) mass is 291 g/mol. The third-order valence-corrected chi connectivity index (χ3v) is 3.72. The zero-order chi connectivity index (χ0) is 16.0. The Morgan fingerprint density at radius 1 is 1.19 bits per heavy atom. The second kappa shape index (κ2) is 7.81. The summed E-state index contributed by atoms with van der Waals surface area (Å²) in [5.41, 5.74) is 2.30. The molecule has 1 aromatic carbocycles. The minimum absolute atomic E-state index is 0.118. The number of carboxylic acids is 1. The maximum absolute atomic E-state index is 12.1. The normalized spacial score (nSPS) is 13.8. The molecular formula is C17H25NO3. The van der Waals surface area contributed by atoms with E-state index in [0.29, 0.717) is 6.42 Å². The van der Waals surface area contributed by atoms with Crippen LogP contribution >= 0.6 is 0 Å². The lowest BCUT2D eigenvalue weighted by Crippen LogP contribution is -2.44. The van der Waals surface area contributed by atoms with E-state index in [1.165, 1.54) is 5.56 Å². The summed E-state index contributed by atoms with van der Waals surface area (Å²) < 4.78 is 0. The van der Waals surface area contributed by atoms with Gasteiger partial charge in [-0.25, -0.2) is 4.79 Å². The Morgan fingerprint density at radius 2 is 1.76 bits per heavy atom. The number of aliphatic carboxylic acids is 1. The smallest absolute Gasteiger partial charge is 0.326 e. The lowest BCUT2D eigenvalue weighted by Gasteiger charge is -2.20. The van der Waals surface area contributed by atoms with Crippen molar-refractivity contribution >= 4 is 11.9 Å². The van der Waals surface area contributed by atoms with E-state index in [4.69, 9.17) is 5.11 Å². The van der Waals surface area contributed by atoms with Gasteiger partial charge in [-0.3, -0.25) is 4.79 Å². The molecule has 0 aliphatic rings. The number of rotatable bonds is 7. The Hall–Kier alpha value is -1.84. The van der Waals surface area contributed by atoms with Crippen LogP contribution in [0.25, 0.3) is 0 Å². The van der Waals surface area contributed by atoms with E-state index in [1.807, 2.05) is 38.1 Å². The lowest BCUT2D eigenvalue weighted by atomic mass is 9.92. The summed E-state index contributed by atoms with van der Waals surface area (Å²) in [4.78, 5) is 23.2. The highest BCUT2D eigenvalue weighted by molar-refractivity contribution is 5.84. The quantitative estimate of drug-likeness (QED) is 0.811. The minimum atomic E-state index is -0.985. The van der Waals surface area contributed by atoms with Crippen LogP contribution in [-0.4, -0.2) is 23.0 Å². The minimum Gasteiger partial charge on any atom is -0.480 e. The van der Waals surface area contributed by atoms with Crippen molar-refractivity contribution in [3.05, 3.63) is 35.4 Å². The van der Waals surface area contributed by atoms with Gasteiger partial charge in [-0.1, -0.05) is 50.6 Å². The summed E-state index contributed by atoms with van der Waals surface area (Å²) in [6.45, 7) is 7.64. The first-order valence-corrected chi connectivity index (χ1v) is 7.43. The number of nitrogens with one attached hydrogen (secondary N) is 1. The fraction of sp³-hybridized carbons (Fsp3) is 0.529. The topological polar surface area (TPSA) is 66.4 Å². The van der Waals surface area contributed by atoms with Gasteiger partial charge in [0.1, 0.15) is 6.04 Å². The number of carbonyl (C=O) groups excluding carboxylic acids is 1. The summed E-state index contributed by atoms with van der Waals surface area (Å²) in [6, 6.07) is 7.31. The standard InChI is InChI=1S/C17H25NO3/c1-5-13(14-8-6-12(4)7-9-14)10-15(19)18-16(11(2)3)17(20)21/h6-9,11,13,16H,5,10H2,1-4H3,(H,18,19)(H,20,21)/t13?,16-/m0/s1. The highest BCUT2D eigenvalue weighted by atomic mass is 16.4. The maximum atomic E-state index is 12.1.